The van der Waals surface area contributed by atoms with Crippen molar-refractivity contribution in [2.45, 2.75) is 0 Å². The molecule has 2 aromatic carbocycles. The first-order valence-corrected chi connectivity index (χ1v) is 7.39. The number of nitrogens with one attached hydrogen (secondary N) is 2. The molecule has 4 rings (SSSR count). The van der Waals surface area contributed by atoms with Gasteiger partial charge in [0.2, 0.25) is 0 Å². The highest BCUT2D eigenvalue weighted by Crippen LogP contribution is 2.32. The number of phenols is 1. The first-order valence-electron chi connectivity index (χ1n) is 7.39. The van der Waals surface area contributed by atoms with Gasteiger partial charge in [0, 0.05) is 19.0 Å². The lowest BCUT2D eigenvalue weighted by Crippen LogP contribution is -2.45. The van der Waals surface area contributed by atoms with Crippen LogP contribution in [0.4, 0.5) is 0 Å². The van der Waals surface area contributed by atoms with Crippen LogP contribution < -0.4 is 10.1 Å². The Morgan fingerprint density at radius 3 is 2.68 bits per heavy atom. The van der Waals surface area contributed by atoms with E-state index in [1.165, 1.54) is 0 Å². The van der Waals surface area contributed by atoms with Gasteiger partial charge in [0.15, 0.2) is 0 Å². The van der Waals surface area contributed by atoms with Crippen LogP contribution >= 0.6 is 0 Å². The van der Waals surface area contributed by atoms with Crippen molar-refractivity contribution in [3.8, 4) is 22.6 Å². The Morgan fingerprint density at radius 1 is 1.14 bits per heavy atom. The van der Waals surface area contributed by atoms with Crippen LogP contribution in [0.2, 0.25) is 0 Å². The number of aromatic amines is 1. The third kappa shape index (κ3) is 2.40. The highest BCUT2D eigenvalue weighted by atomic mass is 16.5. The quantitative estimate of drug-likeness (QED) is 0.692. The van der Waals surface area contributed by atoms with Gasteiger partial charge < -0.3 is 15.2 Å². The normalized spacial score (nSPS) is 14.9. The van der Waals surface area contributed by atoms with E-state index in [1.54, 1.807) is 18.3 Å². The number of phenolic OH excluding ortho intramolecular Hbond substituents is 1. The molecule has 0 spiro atoms. The minimum absolute atomic E-state index is 0.264. The summed E-state index contributed by atoms with van der Waals surface area (Å²) in [5.74, 6) is 1.70. The Kier molecular flexibility index (Phi) is 3.20. The van der Waals surface area contributed by atoms with Crippen LogP contribution in [0.15, 0.2) is 42.6 Å². The van der Waals surface area contributed by atoms with Gasteiger partial charge in [0.1, 0.15) is 11.5 Å². The van der Waals surface area contributed by atoms with Crippen LogP contribution in [0.1, 0.15) is 0 Å². The number of rotatable bonds is 4. The van der Waals surface area contributed by atoms with E-state index in [2.05, 4.69) is 15.5 Å². The molecule has 0 bridgehead atoms. The lowest BCUT2D eigenvalue weighted by atomic mass is 10.0. The van der Waals surface area contributed by atoms with E-state index >= 15 is 0 Å². The second-order valence-corrected chi connectivity index (χ2v) is 5.69. The van der Waals surface area contributed by atoms with Gasteiger partial charge in [-0.05, 0) is 35.4 Å². The summed E-state index contributed by atoms with van der Waals surface area (Å²) in [5, 5.41) is 20.8. The maximum atomic E-state index is 9.43. The molecular weight excluding hydrogens is 278 g/mol. The molecule has 0 aliphatic carbocycles. The topological polar surface area (TPSA) is 70.2 Å². The number of hydrogen-bond donors (Lipinski definition) is 3. The van der Waals surface area contributed by atoms with E-state index in [9.17, 15) is 5.11 Å². The summed E-state index contributed by atoms with van der Waals surface area (Å²) in [4.78, 5) is 0. The molecule has 3 aromatic rings. The fourth-order valence-corrected chi connectivity index (χ4v) is 2.63. The van der Waals surface area contributed by atoms with Gasteiger partial charge >= 0.3 is 0 Å². The van der Waals surface area contributed by atoms with Crippen LogP contribution in [0.25, 0.3) is 22.0 Å². The Labute approximate surface area is 127 Å². The Morgan fingerprint density at radius 2 is 1.95 bits per heavy atom. The summed E-state index contributed by atoms with van der Waals surface area (Å²) in [7, 11) is 0. The van der Waals surface area contributed by atoms with Gasteiger partial charge in [-0.1, -0.05) is 12.1 Å². The van der Waals surface area contributed by atoms with Crippen molar-refractivity contribution in [3.63, 3.8) is 0 Å². The van der Waals surface area contributed by atoms with E-state index in [-0.39, 0.29) is 5.75 Å². The third-order valence-corrected chi connectivity index (χ3v) is 4.06. The molecule has 0 saturated carbocycles. The zero-order valence-corrected chi connectivity index (χ0v) is 12.0. The van der Waals surface area contributed by atoms with Gasteiger partial charge in [-0.15, -0.1) is 0 Å². The number of hydrogen-bond acceptors (Lipinski definition) is 4. The molecule has 1 saturated heterocycles. The summed E-state index contributed by atoms with van der Waals surface area (Å²) >= 11 is 0. The number of fused-ring (bicyclic) bond motifs is 1. The minimum atomic E-state index is 0.264. The van der Waals surface area contributed by atoms with E-state index in [0.717, 1.165) is 40.9 Å². The molecule has 5 heteroatoms. The van der Waals surface area contributed by atoms with Crippen LogP contribution in [0, 0.1) is 5.92 Å². The van der Waals surface area contributed by atoms with Gasteiger partial charge in [0.25, 0.3) is 0 Å². The third-order valence-electron chi connectivity index (χ3n) is 4.06. The summed E-state index contributed by atoms with van der Waals surface area (Å²) < 4.78 is 6.02. The standard InChI is InChI=1S/C17H17N3O2/c21-14-3-1-12(2-4-14)13-5-16-15(9-19-20-16)17(6-13)22-10-11-7-18-8-11/h1-6,9,11,18,21H,7-8,10H2,(H,19,20). The number of aromatic nitrogens is 2. The molecule has 112 valence electrons. The minimum Gasteiger partial charge on any atom is -0.508 e. The maximum Gasteiger partial charge on any atom is 0.130 e. The van der Waals surface area contributed by atoms with Gasteiger partial charge in [0.05, 0.1) is 23.7 Å². The molecule has 0 atom stereocenters. The Hall–Kier alpha value is -2.53. The van der Waals surface area contributed by atoms with Crippen molar-refractivity contribution in [1.29, 1.82) is 0 Å². The second-order valence-electron chi connectivity index (χ2n) is 5.69. The molecule has 1 aromatic heterocycles. The predicted molar refractivity (Wildman–Crippen MR) is 85.0 cm³/mol. The zero-order valence-electron chi connectivity index (χ0n) is 12.0. The molecule has 2 heterocycles. The summed E-state index contributed by atoms with van der Waals surface area (Å²) in [6, 6.07) is 11.3. The number of H-pyrrole nitrogens is 1. The molecule has 1 fully saturated rings. The number of ether oxygens (including phenoxy) is 1. The maximum absolute atomic E-state index is 9.43. The highest BCUT2D eigenvalue weighted by Gasteiger charge is 2.18. The summed E-state index contributed by atoms with van der Waals surface area (Å²) in [6.45, 7) is 2.75. The largest absolute Gasteiger partial charge is 0.508 e. The van der Waals surface area contributed by atoms with Gasteiger partial charge in [-0.2, -0.15) is 5.10 Å². The van der Waals surface area contributed by atoms with E-state index in [4.69, 9.17) is 4.74 Å². The first kappa shape index (κ1) is 13.2. The molecule has 22 heavy (non-hydrogen) atoms. The summed E-state index contributed by atoms with van der Waals surface area (Å²) in [6.07, 6.45) is 1.80. The first-order chi connectivity index (χ1) is 10.8. The SMILES string of the molecule is Oc1ccc(-c2cc(OCC3CNC3)c3cn[nH]c3c2)cc1. The average Bonchev–Trinajstić information content (AvgIpc) is 2.94. The van der Waals surface area contributed by atoms with Gasteiger partial charge in [-0.3, -0.25) is 5.10 Å². The van der Waals surface area contributed by atoms with Crippen molar-refractivity contribution in [1.82, 2.24) is 15.5 Å². The molecular formula is C17H17N3O2. The fraction of sp³-hybridized carbons (Fsp3) is 0.235. The van der Waals surface area contributed by atoms with Crippen LogP contribution in [-0.2, 0) is 0 Å². The Balaban J connectivity index is 1.70. The average molecular weight is 295 g/mol. The van der Waals surface area contributed by atoms with Crippen LogP contribution in [0.3, 0.4) is 0 Å². The zero-order chi connectivity index (χ0) is 14.9. The van der Waals surface area contributed by atoms with Crippen molar-refractivity contribution in [2.75, 3.05) is 19.7 Å². The number of nitrogens with zero attached hydrogens (tertiary/aromatic N) is 1. The smallest absolute Gasteiger partial charge is 0.130 e. The fourth-order valence-electron chi connectivity index (χ4n) is 2.63. The van der Waals surface area contributed by atoms with Crippen molar-refractivity contribution >= 4 is 10.9 Å². The van der Waals surface area contributed by atoms with E-state index < -0.39 is 0 Å². The molecule has 1 aliphatic rings. The molecule has 0 unspecified atom stereocenters. The molecule has 0 amide bonds. The molecule has 1 aliphatic heterocycles. The highest BCUT2D eigenvalue weighted by molar-refractivity contribution is 5.89. The van der Waals surface area contributed by atoms with Crippen molar-refractivity contribution < 1.29 is 9.84 Å². The van der Waals surface area contributed by atoms with Crippen LogP contribution in [-0.4, -0.2) is 35.0 Å². The van der Waals surface area contributed by atoms with E-state index in [1.807, 2.05) is 24.3 Å². The van der Waals surface area contributed by atoms with Crippen LogP contribution in [0.5, 0.6) is 11.5 Å². The monoisotopic (exact) mass is 295 g/mol. The second kappa shape index (κ2) is 5.35. The summed E-state index contributed by atoms with van der Waals surface area (Å²) in [5.41, 5.74) is 3.02. The molecule has 3 N–H and O–H groups in total. The van der Waals surface area contributed by atoms with Gasteiger partial charge in [-0.25, -0.2) is 0 Å². The number of benzene rings is 2. The predicted octanol–water partition coefficient (Wildman–Crippen LogP) is 2.53. The molecule has 5 nitrogen and oxygen atoms in total. The van der Waals surface area contributed by atoms with E-state index in [0.29, 0.717) is 12.5 Å². The molecule has 0 radical (unpaired) electrons. The lowest BCUT2D eigenvalue weighted by Gasteiger charge is -2.27. The van der Waals surface area contributed by atoms with Crippen molar-refractivity contribution in [3.05, 3.63) is 42.6 Å². The van der Waals surface area contributed by atoms with Crippen molar-refractivity contribution in [2.24, 2.45) is 5.92 Å². The number of aromatic hydroxyl groups is 1. The Bertz CT molecular complexity index is 791. The lowest BCUT2D eigenvalue weighted by molar-refractivity contribution is 0.201.